The standard InChI is InChI=1S/C23H22N2O3/c1-17-7-13-21(14-8-17)28-16-23(27)25-20-11-9-19(10-12-20)24-22(26)15-18-5-3-2-4-6-18/h2-14H,15-16H2,1H3,(H,24,26)(H,25,27). The monoisotopic (exact) mass is 374 g/mol. The van der Waals surface area contributed by atoms with Gasteiger partial charge in [0.25, 0.3) is 5.91 Å². The predicted octanol–water partition coefficient (Wildman–Crippen LogP) is 4.19. The van der Waals surface area contributed by atoms with E-state index in [9.17, 15) is 9.59 Å². The zero-order valence-corrected chi connectivity index (χ0v) is 15.6. The van der Waals surface area contributed by atoms with Gasteiger partial charge in [-0.1, -0.05) is 48.0 Å². The van der Waals surface area contributed by atoms with E-state index >= 15 is 0 Å². The lowest BCUT2D eigenvalue weighted by atomic mass is 10.1. The number of nitrogens with one attached hydrogen (secondary N) is 2. The van der Waals surface area contributed by atoms with Crippen molar-refractivity contribution >= 4 is 23.2 Å². The number of rotatable bonds is 7. The second-order valence-corrected chi connectivity index (χ2v) is 6.44. The summed E-state index contributed by atoms with van der Waals surface area (Å²) in [5.74, 6) is 0.313. The smallest absolute Gasteiger partial charge is 0.262 e. The van der Waals surface area contributed by atoms with Gasteiger partial charge >= 0.3 is 0 Å². The fourth-order valence-corrected chi connectivity index (χ4v) is 2.60. The molecule has 28 heavy (non-hydrogen) atoms. The summed E-state index contributed by atoms with van der Waals surface area (Å²) in [6, 6.07) is 24.0. The molecule has 0 atom stereocenters. The van der Waals surface area contributed by atoms with Crippen LogP contribution >= 0.6 is 0 Å². The molecule has 3 aromatic rings. The molecule has 0 radical (unpaired) electrons. The molecule has 3 aromatic carbocycles. The largest absolute Gasteiger partial charge is 0.484 e. The van der Waals surface area contributed by atoms with Crippen molar-refractivity contribution in [2.45, 2.75) is 13.3 Å². The van der Waals surface area contributed by atoms with Gasteiger partial charge < -0.3 is 15.4 Å². The molecule has 0 spiro atoms. The third-order valence-electron chi connectivity index (χ3n) is 4.05. The van der Waals surface area contributed by atoms with E-state index in [0.29, 0.717) is 23.5 Å². The Morgan fingerprint density at radius 1 is 0.750 bits per heavy atom. The average Bonchev–Trinajstić information content (AvgIpc) is 2.70. The molecule has 2 N–H and O–H groups in total. The Labute approximate surface area is 164 Å². The minimum Gasteiger partial charge on any atom is -0.484 e. The van der Waals surface area contributed by atoms with E-state index in [0.717, 1.165) is 11.1 Å². The summed E-state index contributed by atoms with van der Waals surface area (Å²) in [4.78, 5) is 24.1. The van der Waals surface area contributed by atoms with Gasteiger partial charge in [-0.15, -0.1) is 0 Å². The van der Waals surface area contributed by atoms with Crippen LogP contribution in [0, 0.1) is 6.92 Å². The van der Waals surface area contributed by atoms with E-state index in [1.165, 1.54) is 0 Å². The van der Waals surface area contributed by atoms with Gasteiger partial charge in [0.05, 0.1) is 6.42 Å². The van der Waals surface area contributed by atoms with Crippen molar-refractivity contribution in [3.05, 3.63) is 90.0 Å². The van der Waals surface area contributed by atoms with Gasteiger partial charge in [0.1, 0.15) is 5.75 Å². The summed E-state index contributed by atoms with van der Waals surface area (Å²) in [7, 11) is 0. The fraction of sp³-hybridized carbons (Fsp3) is 0.130. The highest BCUT2D eigenvalue weighted by Crippen LogP contribution is 2.15. The Hall–Kier alpha value is -3.60. The SMILES string of the molecule is Cc1ccc(OCC(=O)Nc2ccc(NC(=O)Cc3ccccc3)cc2)cc1. The van der Waals surface area contributed by atoms with Crippen molar-refractivity contribution in [2.75, 3.05) is 17.2 Å². The van der Waals surface area contributed by atoms with Gasteiger partial charge in [0.2, 0.25) is 5.91 Å². The van der Waals surface area contributed by atoms with Crippen molar-refractivity contribution in [2.24, 2.45) is 0 Å². The molecule has 0 aromatic heterocycles. The van der Waals surface area contributed by atoms with Crippen molar-refractivity contribution in [1.29, 1.82) is 0 Å². The third kappa shape index (κ3) is 5.99. The van der Waals surface area contributed by atoms with Gasteiger partial charge in [0, 0.05) is 11.4 Å². The highest BCUT2D eigenvalue weighted by molar-refractivity contribution is 5.94. The normalized spacial score (nSPS) is 10.2. The van der Waals surface area contributed by atoms with Crippen LogP contribution in [0.5, 0.6) is 5.75 Å². The summed E-state index contributed by atoms with van der Waals surface area (Å²) in [6.07, 6.45) is 0.315. The summed E-state index contributed by atoms with van der Waals surface area (Å²) in [5, 5.41) is 5.61. The Kier molecular flexibility index (Phi) is 6.41. The maximum Gasteiger partial charge on any atom is 0.262 e. The molecule has 0 aliphatic carbocycles. The third-order valence-corrected chi connectivity index (χ3v) is 4.05. The Morgan fingerprint density at radius 2 is 1.32 bits per heavy atom. The number of hydrogen-bond donors (Lipinski definition) is 2. The second kappa shape index (κ2) is 9.37. The van der Waals surface area contributed by atoms with Gasteiger partial charge in [-0.3, -0.25) is 9.59 Å². The van der Waals surface area contributed by atoms with E-state index < -0.39 is 0 Å². The van der Waals surface area contributed by atoms with E-state index in [-0.39, 0.29) is 18.4 Å². The van der Waals surface area contributed by atoms with Crippen LogP contribution in [-0.4, -0.2) is 18.4 Å². The molecule has 2 amide bonds. The number of hydrogen-bond acceptors (Lipinski definition) is 3. The summed E-state index contributed by atoms with van der Waals surface area (Å²) in [5.41, 5.74) is 3.40. The minimum absolute atomic E-state index is 0.0708. The summed E-state index contributed by atoms with van der Waals surface area (Å²) < 4.78 is 5.46. The molecule has 0 fully saturated rings. The molecule has 0 bridgehead atoms. The summed E-state index contributed by atoms with van der Waals surface area (Å²) in [6.45, 7) is 1.92. The fourth-order valence-electron chi connectivity index (χ4n) is 2.60. The molecule has 5 nitrogen and oxygen atoms in total. The van der Waals surface area contributed by atoms with Crippen LogP contribution in [-0.2, 0) is 16.0 Å². The number of carbonyl (C=O) groups excluding carboxylic acids is 2. The van der Waals surface area contributed by atoms with Crippen LogP contribution in [0.3, 0.4) is 0 Å². The van der Waals surface area contributed by atoms with Crippen LogP contribution < -0.4 is 15.4 Å². The second-order valence-electron chi connectivity index (χ2n) is 6.44. The lowest BCUT2D eigenvalue weighted by Gasteiger charge is -2.09. The van der Waals surface area contributed by atoms with Gasteiger partial charge in [-0.05, 0) is 48.9 Å². The zero-order valence-electron chi connectivity index (χ0n) is 15.6. The van der Waals surface area contributed by atoms with E-state index in [1.54, 1.807) is 24.3 Å². The van der Waals surface area contributed by atoms with E-state index in [2.05, 4.69) is 10.6 Å². The van der Waals surface area contributed by atoms with Crippen molar-refractivity contribution in [1.82, 2.24) is 0 Å². The first-order valence-electron chi connectivity index (χ1n) is 9.02. The van der Waals surface area contributed by atoms with E-state index in [4.69, 9.17) is 4.74 Å². The van der Waals surface area contributed by atoms with Gasteiger partial charge in [0.15, 0.2) is 6.61 Å². The molecular formula is C23H22N2O3. The zero-order chi connectivity index (χ0) is 19.8. The highest BCUT2D eigenvalue weighted by atomic mass is 16.5. The van der Waals surface area contributed by atoms with Crippen LogP contribution in [0.1, 0.15) is 11.1 Å². The molecule has 0 aliphatic rings. The average molecular weight is 374 g/mol. The Morgan fingerprint density at radius 3 is 1.93 bits per heavy atom. The van der Waals surface area contributed by atoms with Crippen molar-refractivity contribution in [3.63, 3.8) is 0 Å². The van der Waals surface area contributed by atoms with Crippen LogP contribution in [0.25, 0.3) is 0 Å². The maximum atomic E-state index is 12.1. The first-order chi connectivity index (χ1) is 13.6. The first kappa shape index (κ1) is 19.2. The maximum absolute atomic E-state index is 12.1. The van der Waals surface area contributed by atoms with Gasteiger partial charge in [-0.2, -0.15) is 0 Å². The van der Waals surface area contributed by atoms with Crippen LogP contribution in [0.2, 0.25) is 0 Å². The van der Waals surface area contributed by atoms with Crippen molar-refractivity contribution in [3.8, 4) is 5.75 Å². The highest BCUT2D eigenvalue weighted by Gasteiger charge is 2.06. The number of carbonyl (C=O) groups is 2. The number of anilines is 2. The molecular weight excluding hydrogens is 352 g/mol. The molecule has 5 heteroatoms. The lowest BCUT2D eigenvalue weighted by molar-refractivity contribution is -0.118. The lowest BCUT2D eigenvalue weighted by Crippen LogP contribution is -2.20. The van der Waals surface area contributed by atoms with Gasteiger partial charge in [-0.25, -0.2) is 0 Å². The number of benzene rings is 3. The first-order valence-corrected chi connectivity index (χ1v) is 9.02. The summed E-state index contributed by atoms with van der Waals surface area (Å²) >= 11 is 0. The Balaban J connectivity index is 1.46. The topological polar surface area (TPSA) is 67.4 Å². The number of aryl methyl sites for hydroxylation is 1. The molecule has 3 rings (SSSR count). The van der Waals surface area contributed by atoms with E-state index in [1.807, 2.05) is 61.5 Å². The number of amides is 2. The van der Waals surface area contributed by atoms with Crippen LogP contribution in [0.15, 0.2) is 78.9 Å². The molecule has 142 valence electrons. The minimum atomic E-state index is -0.249. The molecule has 0 saturated heterocycles. The molecule has 0 unspecified atom stereocenters. The quantitative estimate of drug-likeness (QED) is 0.651. The Bertz CT molecular complexity index is 920. The molecule has 0 saturated carbocycles. The van der Waals surface area contributed by atoms with Crippen LogP contribution in [0.4, 0.5) is 11.4 Å². The molecule has 0 aliphatic heterocycles. The number of ether oxygens (including phenoxy) is 1. The predicted molar refractivity (Wildman–Crippen MR) is 111 cm³/mol. The molecule has 0 heterocycles. The van der Waals surface area contributed by atoms with Crippen molar-refractivity contribution < 1.29 is 14.3 Å².